The number of hydrogen-bond acceptors (Lipinski definition) is 2. The van der Waals surface area contributed by atoms with Crippen LogP contribution in [0.1, 0.15) is 43.9 Å². The van der Waals surface area contributed by atoms with Crippen LogP contribution in [0.2, 0.25) is 0 Å². The van der Waals surface area contributed by atoms with Gasteiger partial charge in [0.05, 0.1) is 0 Å². The first-order chi connectivity index (χ1) is 9.22. The molecule has 0 amide bonds. The molecule has 2 heteroatoms. The van der Waals surface area contributed by atoms with E-state index in [0.717, 1.165) is 25.6 Å². The molecule has 0 aromatic heterocycles. The molecule has 1 aromatic rings. The fourth-order valence-electron chi connectivity index (χ4n) is 2.59. The number of likely N-dealkylation sites (N-methyl/N-ethyl adjacent to an activating group) is 2. The Kier molecular flexibility index (Phi) is 5.41. The third kappa shape index (κ3) is 4.63. The Balaban J connectivity index is 1.98. The van der Waals surface area contributed by atoms with Crippen LogP contribution in [0.15, 0.2) is 24.3 Å². The Bertz CT molecular complexity index is 367. The van der Waals surface area contributed by atoms with Crippen LogP contribution in [0.25, 0.3) is 0 Å². The summed E-state index contributed by atoms with van der Waals surface area (Å²) in [7, 11) is 0. The molecule has 1 aliphatic carbocycles. The zero-order valence-electron chi connectivity index (χ0n) is 12.7. The lowest BCUT2D eigenvalue weighted by Gasteiger charge is -2.27. The van der Waals surface area contributed by atoms with Gasteiger partial charge in [0.2, 0.25) is 0 Å². The van der Waals surface area contributed by atoms with Crippen molar-refractivity contribution in [1.82, 2.24) is 10.2 Å². The zero-order valence-corrected chi connectivity index (χ0v) is 12.7. The number of hydrogen-bond donors (Lipinski definition) is 1. The summed E-state index contributed by atoms with van der Waals surface area (Å²) >= 11 is 0. The van der Waals surface area contributed by atoms with Gasteiger partial charge in [-0.3, -0.25) is 0 Å². The van der Waals surface area contributed by atoms with Gasteiger partial charge in [-0.25, -0.2) is 0 Å². The lowest BCUT2D eigenvalue weighted by atomic mass is 10.0. The van der Waals surface area contributed by atoms with Gasteiger partial charge in [-0.1, -0.05) is 43.7 Å². The predicted molar refractivity (Wildman–Crippen MR) is 82.4 cm³/mol. The van der Waals surface area contributed by atoms with Crippen molar-refractivity contribution in [3.05, 3.63) is 35.4 Å². The van der Waals surface area contributed by atoms with Crippen molar-refractivity contribution in [2.24, 2.45) is 5.92 Å². The molecule has 0 radical (unpaired) electrons. The number of nitrogens with zero attached hydrogens (tertiary/aromatic N) is 1. The van der Waals surface area contributed by atoms with Crippen molar-refractivity contribution in [1.29, 1.82) is 0 Å². The smallest absolute Gasteiger partial charge is 0.0449 e. The van der Waals surface area contributed by atoms with Gasteiger partial charge in [-0.05, 0) is 44.3 Å². The minimum absolute atomic E-state index is 0.462. The average Bonchev–Trinajstić information content (AvgIpc) is 3.22. The molecule has 0 bridgehead atoms. The molecule has 1 unspecified atom stereocenters. The lowest BCUT2D eigenvalue weighted by Crippen LogP contribution is -2.36. The van der Waals surface area contributed by atoms with Crippen LogP contribution in [-0.2, 0) is 0 Å². The second kappa shape index (κ2) is 7.06. The summed E-state index contributed by atoms with van der Waals surface area (Å²) in [5.41, 5.74) is 2.76. The Labute approximate surface area is 118 Å². The molecular weight excluding hydrogens is 232 g/mol. The molecule has 1 atom stereocenters. The van der Waals surface area contributed by atoms with E-state index < -0.39 is 0 Å². The van der Waals surface area contributed by atoms with Crippen LogP contribution in [0.3, 0.4) is 0 Å². The van der Waals surface area contributed by atoms with Gasteiger partial charge in [-0.15, -0.1) is 0 Å². The quantitative estimate of drug-likeness (QED) is 0.771. The van der Waals surface area contributed by atoms with E-state index in [1.165, 1.54) is 30.5 Å². The van der Waals surface area contributed by atoms with Crippen LogP contribution in [-0.4, -0.2) is 31.1 Å². The summed E-state index contributed by atoms with van der Waals surface area (Å²) in [5, 5.41) is 3.64. The summed E-state index contributed by atoms with van der Waals surface area (Å²) in [6.45, 7) is 11.2. The van der Waals surface area contributed by atoms with Gasteiger partial charge in [-0.2, -0.15) is 0 Å². The first kappa shape index (κ1) is 14.5. The zero-order chi connectivity index (χ0) is 13.7. The highest BCUT2D eigenvalue weighted by atomic mass is 15.1. The van der Waals surface area contributed by atoms with Crippen molar-refractivity contribution in [2.45, 2.75) is 39.7 Å². The third-order valence-corrected chi connectivity index (χ3v) is 4.03. The van der Waals surface area contributed by atoms with E-state index in [1.54, 1.807) is 0 Å². The van der Waals surface area contributed by atoms with E-state index in [-0.39, 0.29) is 0 Å². The number of aryl methyl sites for hydroxylation is 1. The molecule has 19 heavy (non-hydrogen) atoms. The van der Waals surface area contributed by atoms with Crippen molar-refractivity contribution in [3.63, 3.8) is 0 Å². The molecule has 0 saturated heterocycles. The van der Waals surface area contributed by atoms with Crippen LogP contribution < -0.4 is 5.32 Å². The van der Waals surface area contributed by atoms with Crippen LogP contribution in [0.5, 0.6) is 0 Å². The summed E-state index contributed by atoms with van der Waals surface area (Å²) in [5.74, 6) is 0.972. The molecule has 0 spiro atoms. The fraction of sp³-hybridized carbons (Fsp3) is 0.647. The number of rotatable bonds is 8. The Morgan fingerprint density at radius 3 is 2.42 bits per heavy atom. The van der Waals surface area contributed by atoms with Crippen LogP contribution in [0, 0.1) is 12.8 Å². The Hall–Kier alpha value is -0.860. The van der Waals surface area contributed by atoms with Crippen LogP contribution in [0.4, 0.5) is 0 Å². The molecule has 2 nitrogen and oxygen atoms in total. The highest BCUT2D eigenvalue weighted by Gasteiger charge is 2.25. The maximum atomic E-state index is 3.64. The van der Waals surface area contributed by atoms with E-state index in [4.69, 9.17) is 0 Å². The third-order valence-electron chi connectivity index (χ3n) is 4.03. The highest BCUT2D eigenvalue weighted by Crippen LogP contribution is 2.30. The minimum atomic E-state index is 0.462. The number of benzene rings is 1. The van der Waals surface area contributed by atoms with Gasteiger partial charge in [0.15, 0.2) is 0 Å². The first-order valence-corrected chi connectivity index (χ1v) is 7.75. The lowest BCUT2D eigenvalue weighted by molar-refractivity contribution is 0.245. The monoisotopic (exact) mass is 260 g/mol. The molecule has 0 aliphatic heterocycles. The molecule has 1 aromatic carbocycles. The van der Waals surface area contributed by atoms with Gasteiger partial charge < -0.3 is 10.2 Å². The molecule has 0 heterocycles. The summed E-state index contributed by atoms with van der Waals surface area (Å²) in [6, 6.07) is 9.44. The van der Waals surface area contributed by atoms with E-state index in [0.29, 0.717) is 6.04 Å². The second-order valence-electron chi connectivity index (χ2n) is 5.82. The van der Waals surface area contributed by atoms with Crippen molar-refractivity contribution in [2.75, 3.05) is 26.2 Å². The van der Waals surface area contributed by atoms with E-state index in [2.05, 4.69) is 55.3 Å². The molecule has 1 aliphatic rings. The first-order valence-electron chi connectivity index (χ1n) is 7.75. The summed E-state index contributed by atoms with van der Waals surface area (Å²) in [4.78, 5) is 2.60. The number of nitrogens with one attached hydrogen (secondary N) is 1. The Morgan fingerprint density at radius 2 is 1.89 bits per heavy atom. The van der Waals surface area contributed by atoms with Gasteiger partial charge in [0, 0.05) is 19.1 Å². The topological polar surface area (TPSA) is 15.3 Å². The minimum Gasteiger partial charge on any atom is -0.309 e. The molecule has 1 fully saturated rings. The van der Waals surface area contributed by atoms with E-state index >= 15 is 0 Å². The average molecular weight is 260 g/mol. The predicted octanol–water partition coefficient (Wildman–Crippen LogP) is 3.38. The highest BCUT2D eigenvalue weighted by molar-refractivity contribution is 5.24. The van der Waals surface area contributed by atoms with Gasteiger partial charge in [0.1, 0.15) is 0 Å². The summed E-state index contributed by atoms with van der Waals surface area (Å²) in [6.07, 6.45) is 2.87. The molecule has 1 saturated carbocycles. The standard InChI is InChI=1S/C17H28N2/c1-4-18-17(16-10-6-14(3)7-11-16)13-19(5-2)12-15-8-9-15/h6-7,10-11,15,17-18H,4-5,8-9,12-13H2,1-3H3. The molecule has 2 rings (SSSR count). The van der Waals surface area contributed by atoms with E-state index in [9.17, 15) is 0 Å². The normalized spacial score (nSPS) is 16.8. The second-order valence-corrected chi connectivity index (χ2v) is 5.82. The maximum absolute atomic E-state index is 3.64. The summed E-state index contributed by atoms with van der Waals surface area (Å²) < 4.78 is 0. The van der Waals surface area contributed by atoms with Gasteiger partial charge >= 0.3 is 0 Å². The van der Waals surface area contributed by atoms with Gasteiger partial charge in [0.25, 0.3) is 0 Å². The van der Waals surface area contributed by atoms with Crippen molar-refractivity contribution >= 4 is 0 Å². The molecular formula is C17H28N2. The Morgan fingerprint density at radius 1 is 1.21 bits per heavy atom. The van der Waals surface area contributed by atoms with Crippen LogP contribution >= 0.6 is 0 Å². The molecule has 1 N–H and O–H groups in total. The fourth-order valence-corrected chi connectivity index (χ4v) is 2.59. The molecule has 106 valence electrons. The van der Waals surface area contributed by atoms with E-state index in [1.807, 2.05) is 0 Å². The maximum Gasteiger partial charge on any atom is 0.0449 e. The van der Waals surface area contributed by atoms with Crippen molar-refractivity contribution < 1.29 is 0 Å². The van der Waals surface area contributed by atoms with Crippen molar-refractivity contribution in [3.8, 4) is 0 Å². The SMILES string of the molecule is CCNC(CN(CC)CC1CC1)c1ccc(C)cc1. The largest absolute Gasteiger partial charge is 0.309 e.